The van der Waals surface area contributed by atoms with Crippen LogP contribution in [-0.2, 0) is 9.84 Å². The average molecular weight is 327 g/mol. The van der Waals surface area contributed by atoms with Crippen molar-refractivity contribution < 1.29 is 12.8 Å². The SMILES string of the molecule is NC(=NCCS(=O)(=O)c1ccccc1F)NC1CCCCC1. The Bertz CT molecular complexity index is 625. The molecule has 0 bridgehead atoms. The molecule has 0 aromatic heterocycles. The second-order valence-electron chi connectivity index (χ2n) is 5.50. The summed E-state index contributed by atoms with van der Waals surface area (Å²) in [5.74, 6) is -0.739. The van der Waals surface area contributed by atoms with Crippen molar-refractivity contribution in [2.45, 2.75) is 43.0 Å². The van der Waals surface area contributed by atoms with Gasteiger partial charge in [-0.3, -0.25) is 4.99 Å². The number of sulfone groups is 1. The van der Waals surface area contributed by atoms with Crippen LogP contribution in [0.1, 0.15) is 32.1 Å². The summed E-state index contributed by atoms with van der Waals surface area (Å²) < 4.78 is 37.6. The van der Waals surface area contributed by atoms with Crippen LogP contribution in [0.5, 0.6) is 0 Å². The van der Waals surface area contributed by atoms with Crippen molar-refractivity contribution in [3.63, 3.8) is 0 Å². The molecule has 0 saturated heterocycles. The van der Waals surface area contributed by atoms with E-state index in [1.54, 1.807) is 0 Å². The van der Waals surface area contributed by atoms with Gasteiger partial charge in [-0.15, -0.1) is 0 Å². The van der Waals surface area contributed by atoms with Gasteiger partial charge in [0.15, 0.2) is 15.8 Å². The van der Waals surface area contributed by atoms with E-state index in [1.807, 2.05) is 0 Å². The fourth-order valence-electron chi connectivity index (χ4n) is 2.59. The number of rotatable bonds is 5. The molecule has 22 heavy (non-hydrogen) atoms. The molecular formula is C15H22FN3O2S. The number of hydrogen-bond donors (Lipinski definition) is 2. The van der Waals surface area contributed by atoms with Crippen LogP contribution < -0.4 is 11.1 Å². The highest BCUT2D eigenvalue weighted by Crippen LogP contribution is 2.17. The maximum Gasteiger partial charge on any atom is 0.188 e. The van der Waals surface area contributed by atoms with Crippen LogP contribution in [0.4, 0.5) is 4.39 Å². The zero-order valence-electron chi connectivity index (χ0n) is 12.5. The van der Waals surface area contributed by atoms with E-state index in [2.05, 4.69) is 10.3 Å². The smallest absolute Gasteiger partial charge is 0.188 e. The van der Waals surface area contributed by atoms with Crippen LogP contribution in [0.2, 0.25) is 0 Å². The molecule has 0 radical (unpaired) electrons. The van der Waals surface area contributed by atoms with Crippen LogP contribution in [0.25, 0.3) is 0 Å². The van der Waals surface area contributed by atoms with Crippen molar-refractivity contribution in [3.8, 4) is 0 Å². The Kier molecular flexibility index (Phi) is 5.76. The molecule has 1 aliphatic carbocycles. The predicted octanol–water partition coefficient (Wildman–Crippen LogP) is 1.84. The lowest BCUT2D eigenvalue weighted by atomic mass is 9.96. The van der Waals surface area contributed by atoms with E-state index in [0.717, 1.165) is 18.9 Å². The van der Waals surface area contributed by atoms with Gasteiger partial charge in [0.25, 0.3) is 0 Å². The third kappa shape index (κ3) is 4.69. The lowest BCUT2D eigenvalue weighted by Crippen LogP contribution is -2.41. The number of halogens is 1. The molecule has 7 heteroatoms. The van der Waals surface area contributed by atoms with E-state index in [1.165, 1.54) is 37.5 Å². The normalized spacial score (nSPS) is 17.4. The molecule has 3 N–H and O–H groups in total. The Hall–Kier alpha value is -1.63. The zero-order valence-corrected chi connectivity index (χ0v) is 13.3. The molecule has 1 aromatic carbocycles. The fourth-order valence-corrected chi connectivity index (χ4v) is 3.80. The molecule has 0 unspecified atom stereocenters. The summed E-state index contributed by atoms with van der Waals surface area (Å²) in [6.45, 7) is 0.0161. The predicted molar refractivity (Wildman–Crippen MR) is 85.0 cm³/mol. The Morgan fingerprint density at radius 2 is 1.95 bits per heavy atom. The largest absolute Gasteiger partial charge is 0.370 e. The summed E-state index contributed by atoms with van der Waals surface area (Å²) in [6, 6.07) is 5.67. The Labute approximate surface area is 130 Å². The first-order valence-corrected chi connectivity index (χ1v) is 9.18. The molecule has 5 nitrogen and oxygen atoms in total. The van der Waals surface area contributed by atoms with Crippen LogP contribution in [-0.4, -0.2) is 32.7 Å². The van der Waals surface area contributed by atoms with Gasteiger partial charge in [0.1, 0.15) is 10.7 Å². The average Bonchev–Trinajstić information content (AvgIpc) is 2.48. The summed E-state index contributed by atoms with van der Waals surface area (Å²) in [5, 5.41) is 3.12. The minimum Gasteiger partial charge on any atom is -0.370 e. The van der Waals surface area contributed by atoms with Gasteiger partial charge < -0.3 is 11.1 Å². The first-order valence-electron chi connectivity index (χ1n) is 7.53. The number of nitrogens with zero attached hydrogens (tertiary/aromatic N) is 1. The van der Waals surface area contributed by atoms with Gasteiger partial charge in [-0.25, -0.2) is 12.8 Å². The van der Waals surface area contributed by atoms with Crippen molar-refractivity contribution >= 4 is 15.8 Å². The number of nitrogens with two attached hydrogens (primary N) is 1. The number of hydrogen-bond acceptors (Lipinski definition) is 3. The number of nitrogens with one attached hydrogen (secondary N) is 1. The minimum atomic E-state index is -3.69. The summed E-state index contributed by atoms with van der Waals surface area (Å²) in [6.07, 6.45) is 5.71. The maximum atomic E-state index is 13.5. The lowest BCUT2D eigenvalue weighted by Gasteiger charge is -2.23. The van der Waals surface area contributed by atoms with Gasteiger partial charge in [0.05, 0.1) is 12.3 Å². The highest BCUT2D eigenvalue weighted by molar-refractivity contribution is 7.91. The Morgan fingerprint density at radius 3 is 2.64 bits per heavy atom. The van der Waals surface area contributed by atoms with Crippen LogP contribution in [0, 0.1) is 5.82 Å². The molecule has 0 aliphatic heterocycles. The zero-order chi connectivity index (χ0) is 16.0. The van der Waals surface area contributed by atoms with Crippen molar-refractivity contribution in [3.05, 3.63) is 30.1 Å². The topological polar surface area (TPSA) is 84.5 Å². The molecule has 1 fully saturated rings. The molecule has 0 atom stereocenters. The quantitative estimate of drug-likeness (QED) is 0.638. The summed E-state index contributed by atoms with van der Waals surface area (Å²) >= 11 is 0. The van der Waals surface area contributed by atoms with E-state index < -0.39 is 15.7 Å². The van der Waals surface area contributed by atoms with Crippen LogP contribution >= 0.6 is 0 Å². The van der Waals surface area contributed by atoms with E-state index >= 15 is 0 Å². The fraction of sp³-hybridized carbons (Fsp3) is 0.533. The molecule has 0 spiro atoms. The molecule has 1 aromatic rings. The number of guanidine groups is 1. The second-order valence-corrected chi connectivity index (χ2v) is 7.57. The van der Waals surface area contributed by atoms with E-state index in [0.29, 0.717) is 6.04 Å². The first-order chi connectivity index (χ1) is 10.5. The summed E-state index contributed by atoms with van der Waals surface area (Å²) in [4.78, 5) is 3.75. The molecule has 2 rings (SSSR count). The molecule has 0 amide bonds. The van der Waals surface area contributed by atoms with Gasteiger partial charge in [0.2, 0.25) is 0 Å². The summed E-state index contributed by atoms with van der Waals surface area (Å²) in [5.41, 5.74) is 5.77. The van der Waals surface area contributed by atoms with Gasteiger partial charge >= 0.3 is 0 Å². The van der Waals surface area contributed by atoms with Gasteiger partial charge in [-0.05, 0) is 25.0 Å². The standard InChI is InChI=1S/C15H22FN3O2S/c16-13-8-4-5-9-14(13)22(20,21)11-10-18-15(17)19-12-6-2-1-3-7-12/h4-5,8-9,12H,1-3,6-7,10-11H2,(H3,17,18,19). The lowest BCUT2D eigenvalue weighted by molar-refractivity contribution is 0.412. The van der Waals surface area contributed by atoms with Gasteiger partial charge in [0, 0.05) is 6.04 Å². The second kappa shape index (κ2) is 7.58. The van der Waals surface area contributed by atoms with Crippen molar-refractivity contribution in [2.75, 3.05) is 12.3 Å². The number of aliphatic imine (C=N–C) groups is 1. The van der Waals surface area contributed by atoms with Crippen molar-refractivity contribution in [1.29, 1.82) is 0 Å². The molecule has 1 aliphatic rings. The van der Waals surface area contributed by atoms with Crippen LogP contribution in [0.15, 0.2) is 34.2 Å². The third-order valence-electron chi connectivity index (χ3n) is 3.77. The molecule has 122 valence electrons. The summed E-state index contributed by atoms with van der Waals surface area (Å²) in [7, 11) is -3.69. The minimum absolute atomic E-state index is 0.0161. The molecular weight excluding hydrogens is 305 g/mol. The van der Waals surface area contributed by atoms with Gasteiger partial charge in [-0.2, -0.15) is 0 Å². The molecule has 0 heterocycles. The first kappa shape index (κ1) is 16.7. The van der Waals surface area contributed by atoms with Crippen molar-refractivity contribution in [1.82, 2.24) is 5.32 Å². The van der Waals surface area contributed by atoms with E-state index in [-0.39, 0.29) is 23.2 Å². The monoisotopic (exact) mass is 327 g/mol. The van der Waals surface area contributed by atoms with E-state index in [9.17, 15) is 12.8 Å². The van der Waals surface area contributed by atoms with Crippen molar-refractivity contribution in [2.24, 2.45) is 10.7 Å². The highest BCUT2D eigenvalue weighted by atomic mass is 32.2. The Balaban J connectivity index is 1.89. The van der Waals surface area contributed by atoms with Gasteiger partial charge in [-0.1, -0.05) is 31.4 Å². The molecule has 1 saturated carbocycles. The Morgan fingerprint density at radius 1 is 1.27 bits per heavy atom. The third-order valence-corrected chi connectivity index (χ3v) is 5.49. The van der Waals surface area contributed by atoms with Crippen LogP contribution in [0.3, 0.4) is 0 Å². The highest BCUT2D eigenvalue weighted by Gasteiger charge is 2.18. The number of benzene rings is 1. The van der Waals surface area contributed by atoms with E-state index in [4.69, 9.17) is 5.73 Å². The maximum absolute atomic E-state index is 13.5.